The Hall–Kier alpha value is -2.79. The number of nitrogens with two attached hydrogens (primary N) is 1. The van der Waals surface area contributed by atoms with Gasteiger partial charge in [0.15, 0.2) is 0 Å². The zero-order valence-corrected chi connectivity index (χ0v) is 21.8. The lowest BCUT2D eigenvalue weighted by Gasteiger charge is -2.25. The highest BCUT2D eigenvalue weighted by molar-refractivity contribution is 7.91. The molecule has 5 rings (SSSR count). The molecule has 0 spiro atoms. The molecular weight excluding hydrogens is 520 g/mol. The third-order valence-electron chi connectivity index (χ3n) is 6.58. The van der Waals surface area contributed by atoms with Gasteiger partial charge in [0.25, 0.3) is 11.8 Å². The molecule has 4 N–H and O–H groups in total. The molecule has 0 atom stereocenters. The standard InChI is InChI=1S/C25H26N4O4S2.ClH/c26-17-8-5-15(6-9-17)11-23-27-13-18(34-23)14-28-24(30)16-7-10-22-20(12-16)29-25(31)19-3-1-2-4-21(19)35(22,32)33;/h1-4,7,10,12-13,15,17H,5-6,8-9,11,14,26H2,(H,28,30)(H,29,31);1H. The molecule has 0 radical (unpaired) electrons. The molecule has 1 aromatic heterocycles. The average molecular weight is 547 g/mol. The van der Waals surface area contributed by atoms with Crippen molar-refractivity contribution in [3.63, 3.8) is 0 Å². The first-order valence-corrected chi connectivity index (χ1v) is 13.9. The number of fused-ring (bicyclic) bond motifs is 2. The number of benzene rings is 2. The van der Waals surface area contributed by atoms with Gasteiger partial charge in [0.1, 0.15) is 0 Å². The van der Waals surface area contributed by atoms with Crippen LogP contribution in [0.2, 0.25) is 0 Å². The van der Waals surface area contributed by atoms with Crippen LogP contribution in [0.4, 0.5) is 5.69 Å². The summed E-state index contributed by atoms with van der Waals surface area (Å²) in [4.78, 5) is 30.8. The number of hydrogen-bond acceptors (Lipinski definition) is 7. The molecule has 2 aliphatic rings. The number of hydrogen-bond donors (Lipinski definition) is 3. The summed E-state index contributed by atoms with van der Waals surface area (Å²) < 4.78 is 26.2. The summed E-state index contributed by atoms with van der Waals surface area (Å²) in [5.41, 5.74) is 6.41. The first-order chi connectivity index (χ1) is 16.8. The molecule has 11 heteroatoms. The van der Waals surface area contributed by atoms with Crippen molar-refractivity contribution in [2.45, 2.75) is 54.5 Å². The van der Waals surface area contributed by atoms with Gasteiger partial charge in [-0.05, 0) is 61.9 Å². The van der Waals surface area contributed by atoms with Crippen LogP contribution < -0.4 is 16.4 Å². The van der Waals surface area contributed by atoms with Gasteiger partial charge < -0.3 is 16.4 Å². The number of halogens is 1. The highest BCUT2D eigenvalue weighted by Gasteiger charge is 2.31. The Kier molecular flexibility index (Phi) is 7.79. The molecule has 8 nitrogen and oxygen atoms in total. The van der Waals surface area contributed by atoms with E-state index >= 15 is 0 Å². The largest absolute Gasteiger partial charge is 0.347 e. The lowest BCUT2D eigenvalue weighted by Crippen LogP contribution is -2.27. The molecule has 190 valence electrons. The minimum absolute atomic E-state index is 0. The number of carbonyl (C=O) groups excluding carboxylic acids is 2. The molecule has 3 aromatic rings. The van der Waals surface area contributed by atoms with Crippen LogP contribution in [0.15, 0.2) is 58.5 Å². The first kappa shape index (κ1) is 26.3. The van der Waals surface area contributed by atoms with E-state index in [1.54, 1.807) is 29.7 Å². The van der Waals surface area contributed by atoms with E-state index in [0.717, 1.165) is 42.0 Å². The van der Waals surface area contributed by atoms with Crippen LogP contribution in [-0.4, -0.2) is 31.3 Å². The van der Waals surface area contributed by atoms with Crippen LogP contribution in [0.1, 0.15) is 56.3 Å². The van der Waals surface area contributed by atoms with Gasteiger partial charge in [-0.1, -0.05) is 12.1 Å². The summed E-state index contributed by atoms with van der Waals surface area (Å²) in [5, 5.41) is 6.56. The molecule has 1 aliphatic carbocycles. The summed E-state index contributed by atoms with van der Waals surface area (Å²) in [6.45, 7) is 0.319. The van der Waals surface area contributed by atoms with Gasteiger partial charge in [0.05, 0.1) is 32.6 Å². The zero-order chi connectivity index (χ0) is 24.6. The Morgan fingerprint density at radius 3 is 2.64 bits per heavy atom. The van der Waals surface area contributed by atoms with Gasteiger partial charge in [0, 0.05) is 29.1 Å². The number of sulfone groups is 1. The highest BCUT2D eigenvalue weighted by atomic mass is 35.5. The van der Waals surface area contributed by atoms with Gasteiger partial charge in [-0.2, -0.15) is 0 Å². The van der Waals surface area contributed by atoms with Crippen molar-refractivity contribution in [1.29, 1.82) is 0 Å². The van der Waals surface area contributed by atoms with E-state index in [4.69, 9.17) is 5.73 Å². The maximum Gasteiger partial charge on any atom is 0.257 e. The van der Waals surface area contributed by atoms with Gasteiger partial charge in [-0.3, -0.25) is 9.59 Å². The van der Waals surface area contributed by atoms with E-state index in [2.05, 4.69) is 15.6 Å². The fourth-order valence-corrected chi connectivity index (χ4v) is 7.20. The second kappa shape index (κ2) is 10.7. The Morgan fingerprint density at radius 1 is 1.11 bits per heavy atom. The fraction of sp³-hybridized carbons (Fsp3) is 0.320. The Balaban J connectivity index is 0.00000304. The number of anilines is 1. The number of nitrogens with zero attached hydrogens (tertiary/aromatic N) is 1. The Labute approximate surface area is 220 Å². The second-order valence-corrected chi connectivity index (χ2v) is 12.1. The van der Waals surface area contributed by atoms with Gasteiger partial charge in [0.2, 0.25) is 9.84 Å². The normalized spacial score (nSPS) is 20.2. The molecule has 2 amide bonds. The second-order valence-electron chi connectivity index (χ2n) is 9.05. The highest BCUT2D eigenvalue weighted by Crippen LogP contribution is 2.34. The first-order valence-electron chi connectivity index (χ1n) is 11.6. The topological polar surface area (TPSA) is 131 Å². The van der Waals surface area contributed by atoms with Crippen molar-refractivity contribution in [1.82, 2.24) is 10.3 Å². The molecule has 1 fully saturated rings. The SMILES string of the molecule is Cl.NC1CCC(Cc2ncc(CNC(=O)c3ccc4c(c3)NC(=O)c3ccccc3S4(=O)=O)s2)CC1. The lowest BCUT2D eigenvalue weighted by atomic mass is 9.85. The quantitative estimate of drug-likeness (QED) is 0.444. The minimum atomic E-state index is -3.91. The maximum absolute atomic E-state index is 13.1. The van der Waals surface area contributed by atoms with Crippen molar-refractivity contribution >= 4 is 51.1 Å². The van der Waals surface area contributed by atoms with Crippen molar-refractivity contribution in [3.8, 4) is 0 Å². The van der Waals surface area contributed by atoms with E-state index in [0.29, 0.717) is 18.5 Å². The lowest BCUT2D eigenvalue weighted by molar-refractivity contribution is 0.0949. The number of thiazole rings is 1. The average Bonchev–Trinajstić information content (AvgIpc) is 3.28. The summed E-state index contributed by atoms with van der Waals surface area (Å²) in [6, 6.07) is 10.6. The van der Waals surface area contributed by atoms with E-state index in [1.165, 1.54) is 30.3 Å². The molecule has 0 unspecified atom stereocenters. The van der Waals surface area contributed by atoms with Gasteiger partial charge in [-0.25, -0.2) is 13.4 Å². The van der Waals surface area contributed by atoms with E-state index in [9.17, 15) is 18.0 Å². The smallest absolute Gasteiger partial charge is 0.257 e. The van der Waals surface area contributed by atoms with Crippen molar-refractivity contribution in [2.24, 2.45) is 11.7 Å². The number of amides is 2. The van der Waals surface area contributed by atoms with Crippen molar-refractivity contribution < 1.29 is 18.0 Å². The summed E-state index contributed by atoms with van der Waals surface area (Å²) in [5.74, 6) is -0.282. The summed E-state index contributed by atoms with van der Waals surface area (Å²) in [6.07, 6.45) is 7.11. The third-order valence-corrected chi connectivity index (χ3v) is 9.47. The predicted octanol–water partition coefficient (Wildman–Crippen LogP) is 3.95. The van der Waals surface area contributed by atoms with Crippen LogP contribution >= 0.6 is 23.7 Å². The monoisotopic (exact) mass is 546 g/mol. The summed E-state index contributed by atoms with van der Waals surface area (Å²) >= 11 is 1.59. The minimum Gasteiger partial charge on any atom is -0.347 e. The molecule has 1 aliphatic heterocycles. The van der Waals surface area contributed by atoms with Crippen LogP contribution in [-0.2, 0) is 22.8 Å². The summed E-state index contributed by atoms with van der Waals surface area (Å²) in [7, 11) is -3.91. The molecule has 36 heavy (non-hydrogen) atoms. The molecule has 0 saturated heterocycles. The van der Waals surface area contributed by atoms with Gasteiger partial charge in [-0.15, -0.1) is 23.7 Å². The molecule has 1 saturated carbocycles. The number of aromatic nitrogens is 1. The third kappa shape index (κ3) is 5.31. The number of carbonyl (C=O) groups is 2. The molecule has 2 aromatic carbocycles. The maximum atomic E-state index is 13.1. The Morgan fingerprint density at radius 2 is 1.86 bits per heavy atom. The van der Waals surface area contributed by atoms with Crippen LogP contribution in [0.3, 0.4) is 0 Å². The fourth-order valence-electron chi connectivity index (χ4n) is 4.63. The molecular formula is C25H27ClN4O4S2. The van der Waals surface area contributed by atoms with Crippen LogP contribution in [0.25, 0.3) is 0 Å². The molecule has 0 bridgehead atoms. The van der Waals surface area contributed by atoms with E-state index in [-0.39, 0.29) is 44.9 Å². The van der Waals surface area contributed by atoms with Crippen molar-refractivity contribution in [2.75, 3.05) is 5.32 Å². The van der Waals surface area contributed by atoms with E-state index in [1.807, 2.05) is 0 Å². The van der Waals surface area contributed by atoms with Gasteiger partial charge >= 0.3 is 0 Å². The number of rotatable bonds is 5. The van der Waals surface area contributed by atoms with Crippen LogP contribution in [0, 0.1) is 5.92 Å². The predicted molar refractivity (Wildman–Crippen MR) is 140 cm³/mol. The molecule has 2 heterocycles. The van der Waals surface area contributed by atoms with Crippen molar-refractivity contribution in [3.05, 3.63) is 69.7 Å². The van der Waals surface area contributed by atoms with E-state index < -0.39 is 15.7 Å². The Bertz CT molecular complexity index is 1400. The number of nitrogens with one attached hydrogen (secondary N) is 2. The zero-order valence-electron chi connectivity index (χ0n) is 19.4. The van der Waals surface area contributed by atoms with Crippen LogP contribution in [0.5, 0.6) is 0 Å².